The van der Waals surface area contributed by atoms with Crippen molar-refractivity contribution in [1.82, 2.24) is 24.5 Å². The number of imidazole rings is 2. The standard InChI is InChI=1S/C24H28F2N6.CH4O3S/c1-23(2,3)12-32-20-17(29-22(32)27)10-9-16(28-20)19-18(30-21(31-19)24(4,5)6)14-8-7-13(25)11-15(14)26;1-5(2,3)4/h7-11H,12H2,1-6H3,(H2,27,29)(H,30,31);1H3,(H,2,3,4). The van der Waals surface area contributed by atoms with E-state index in [2.05, 4.69) is 35.7 Å². The van der Waals surface area contributed by atoms with Crippen LogP contribution in [0.15, 0.2) is 30.3 Å². The minimum atomic E-state index is -3.67. The average molecular weight is 535 g/mol. The monoisotopic (exact) mass is 534 g/mol. The van der Waals surface area contributed by atoms with Gasteiger partial charge in [-0.15, -0.1) is 0 Å². The lowest BCUT2D eigenvalue weighted by atomic mass is 9.96. The van der Waals surface area contributed by atoms with Gasteiger partial charge in [0.25, 0.3) is 10.1 Å². The number of hydrogen-bond donors (Lipinski definition) is 3. The second kappa shape index (κ2) is 9.82. The number of nitrogens with zero attached hydrogens (tertiary/aromatic N) is 4. The number of rotatable bonds is 3. The number of aromatic nitrogens is 5. The molecule has 4 aromatic rings. The molecule has 0 aliphatic carbocycles. The predicted octanol–water partition coefficient (Wildman–Crippen LogP) is 5.20. The average Bonchev–Trinajstić information content (AvgIpc) is 3.27. The summed E-state index contributed by atoms with van der Waals surface area (Å²) in [5.41, 5.74) is 8.88. The van der Waals surface area contributed by atoms with Crippen LogP contribution in [0.25, 0.3) is 33.8 Å². The molecule has 0 bridgehead atoms. The van der Waals surface area contributed by atoms with Gasteiger partial charge in [-0.05, 0) is 29.7 Å². The summed E-state index contributed by atoms with van der Waals surface area (Å²) in [6.45, 7) is 13.0. The minimum absolute atomic E-state index is 0.0325. The van der Waals surface area contributed by atoms with Crippen LogP contribution in [0, 0.1) is 17.0 Å². The van der Waals surface area contributed by atoms with Crippen LogP contribution in [0.1, 0.15) is 47.4 Å². The van der Waals surface area contributed by atoms with E-state index < -0.39 is 21.8 Å². The number of nitrogens with two attached hydrogens (primary N) is 1. The van der Waals surface area contributed by atoms with Gasteiger partial charge in [0.15, 0.2) is 5.65 Å². The first kappa shape index (κ1) is 28.2. The van der Waals surface area contributed by atoms with E-state index in [4.69, 9.17) is 15.3 Å². The molecule has 200 valence electrons. The van der Waals surface area contributed by atoms with Gasteiger partial charge in [0.2, 0.25) is 5.95 Å². The minimum Gasteiger partial charge on any atom is -0.369 e. The van der Waals surface area contributed by atoms with Crippen molar-refractivity contribution in [2.45, 2.75) is 53.5 Å². The molecular formula is C25H32F2N6O3S. The van der Waals surface area contributed by atoms with Crippen molar-refractivity contribution in [3.05, 3.63) is 47.8 Å². The first-order valence-corrected chi connectivity index (χ1v) is 13.3. The van der Waals surface area contributed by atoms with Crippen molar-refractivity contribution in [3.63, 3.8) is 0 Å². The number of aromatic amines is 1. The zero-order valence-electron chi connectivity index (χ0n) is 21.9. The lowest BCUT2D eigenvalue weighted by molar-refractivity contribution is 0.350. The van der Waals surface area contributed by atoms with E-state index >= 15 is 0 Å². The van der Waals surface area contributed by atoms with Gasteiger partial charge in [-0.25, -0.2) is 23.7 Å². The number of hydrogen-bond acceptors (Lipinski definition) is 6. The van der Waals surface area contributed by atoms with E-state index in [-0.39, 0.29) is 16.4 Å². The van der Waals surface area contributed by atoms with E-state index in [0.29, 0.717) is 52.8 Å². The maximum absolute atomic E-state index is 14.7. The molecule has 0 atom stereocenters. The quantitative estimate of drug-likeness (QED) is 0.307. The summed E-state index contributed by atoms with van der Waals surface area (Å²) in [4.78, 5) is 17.3. The van der Waals surface area contributed by atoms with Gasteiger partial charge in [0.1, 0.15) is 28.7 Å². The van der Waals surface area contributed by atoms with Crippen molar-refractivity contribution in [2.24, 2.45) is 5.41 Å². The number of anilines is 1. The summed E-state index contributed by atoms with van der Waals surface area (Å²) in [5, 5.41) is 0. The summed E-state index contributed by atoms with van der Waals surface area (Å²) in [5.74, 6) is -0.248. The highest BCUT2D eigenvalue weighted by Crippen LogP contribution is 2.35. The van der Waals surface area contributed by atoms with Crippen LogP contribution in [0.5, 0.6) is 0 Å². The molecule has 12 heteroatoms. The molecule has 3 aromatic heterocycles. The topological polar surface area (TPSA) is 140 Å². The Labute approximate surface area is 214 Å². The fraction of sp³-hybridized carbons (Fsp3) is 0.400. The number of benzene rings is 1. The summed E-state index contributed by atoms with van der Waals surface area (Å²) >= 11 is 0. The first-order valence-electron chi connectivity index (χ1n) is 11.4. The zero-order valence-corrected chi connectivity index (χ0v) is 22.7. The number of halogens is 2. The summed E-state index contributed by atoms with van der Waals surface area (Å²) < 4.78 is 56.0. The van der Waals surface area contributed by atoms with E-state index in [1.54, 1.807) is 6.07 Å². The highest BCUT2D eigenvalue weighted by Gasteiger charge is 2.25. The van der Waals surface area contributed by atoms with E-state index in [1.807, 2.05) is 31.4 Å². The van der Waals surface area contributed by atoms with E-state index in [9.17, 15) is 17.2 Å². The Bertz CT molecular complexity index is 1540. The summed E-state index contributed by atoms with van der Waals surface area (Å²) in [7, 11) is -3.67. The van der Waals surface area contributed by atoms with Gasteiger partial charge in [-0.3, -0.25) is 9.12 Å². The summed E-state index contributed by atoms with van der Waals surface area (Å²) in [6.07, 6.45) is 0.715. The number of nitrogens with one attached hydrogen (secondary N) is 1. The molecule has 37 heavy (non-hydrogen) atoms. The SMILES string of the molecule is CC(C)(C)Cn1c(N)nc2ccc(-c3[nH]c(C(C)(C)C)nc3-c3ccc(F)cc3F)nc21.CS(=O)(=O)O. The maximum atomic E-state index is 14.7. The van der Waals surface area contributed by atoms with Crippen molar-refractivity contribution in [2.75, 3.05) is 12.0 Å². The van der Waals surface area contributed by atoms with Gasteiger partial charge < -0.3 is 10.7 Å². The molecule has 0 spiro atoms. The number of nitrogen functional groups attached to an aromatic ring is 1. The van der Waals surface area contributed by atoms with Crippen LogP contribution < -0.4 is 5.73 Å². The Kier molecular flexibility index (Phi) is 7.49. The molecule has 4 rings (SSSR count). The van der Waals surface area contributed by atoms with Gasteiger partial charge in [0, 0.05) is 23.6 Å². The third kappa shape index (κ3) is 7.10. The van der Waals surface area contributed by atoms with Crippen LogP contribution in [-0.2, 0) is 22.1 Å². The summed E-state index contributed by atoms with van der Waals surface area (Å²) in [6, 6.07) is 7.14. The van der Waals surface area contributed by atoms with Crippen LogP contribution in [-0.4, -0.2) is 43.7 Å². The fourth-order valence-corrected chi connectivity index (χ4v) is 3.58. The highest BCUT2D eigenvalue weighted by molar-refractivity contribution is 7.85. The Hall–Kier alpha value is -3.38. The maximum Gasteiger partial charge on any atom is 0.261 e. The van der Waals surface area contributed by atoms with Gasteiger partial charge in [-0.2, -0.15) is 8.42 Å². The Morgan fingerprint density at radius 2 is 1.65 bits per heavy atom. The molecule has 0 radical (unpaired) electrons. The van der Waals surface area contributed by atoms with E-state index in [0.717, 1.165) is 6.07 Å². The molecule has 0 aliphatic heterocycles. The molecule has 4 N–H and O–H groups in total. The van der Waals surface area contributed by atoms with Crippen molar-refractivity contribution in [1.29, 1.82) is 0 Å². The molecule has 0 aliphatic rings. The van der Waals surface area contributed by atoms with Gasteiger partial charge in [0.05, 0.1) is 17.6 Å². The van der Waals surface area contributed by atoms with Gasteiger partial charge >= 0.3 is 0 Å². The number of pyridine rings is 1. The second-order valence-electron chi connectivity index (χ2n) is 11.1. The Balaban J connectivity index is 0.000000695. The lowest BCUT2D eigenvalue weighted by Crippen LogP contribution is -2.17. The predicted molar refractivity (Wildman–Crippen MR) is 141 cm³/mol. The smallest absolute Gasteiger partial charge is 0.261 e. The van der Waals surface area contributed by atoms with Crippen LogP contribution >= 0.6 is 0 Å². The van der Waals surface area contributed by atoms with E-state index in [1.165, 1.54) is 12.1 Å². The zero-order chi connectivity index (χ0) is 27.9. The van der Waals surface area contributed by atoms with Crippen molar-refractivity contribution in [3.8, 4) is 22.6 Å². The normalized spacial score (nSPS) is 12.5. The first-order chi connectivity index (χ1) is 16.8. The largest absolute Gasteiger partial charge is 0.369 e. The van der Waals surface area contributed by atoms with Crippen molar-refractivity contribution >= 4 is 27.2 Å². The molecule has 1 aromatic carbocycles. The molecule has 0 amide bonds. The highest BCUT2D eigenvalue weighted by atomic mass is 32.2. The van der Waals surface area contributed by atoms with Crippen LogP contribution in [0.4, 0.5) is 14.7 Å². The Morgan fingerprint density at radius 3 is 2.19 bits per heavy atom. The Morgan fingerprint density at radius 1 is 1.03 bits per heavy atom. The molecule has 0 saturated heterocycles. The number of fused-ring (bicyclic) bond motifs is 1. The molecule has 3 heterocycles. The van der Waals surface area contributed by atoms with Crippen LogP contribution in [0.3, 0.4) is 0 Å². The fourth-order valence-electron chi connectivity index (χ4n) is 3.58. The third-order valence-corrected chi connectivity index (χ3v) is 5.11. The second-order valence-corrected chi connectivity index (χ2v) is 12.5. The molecule has 0 saturated carbocycles. The third-order valence-electron chi connectivity index (χ3n) is 5.11. The molecular weight excluding hydrogens is 502 g/mol. The van der Waals surface area contributed by atoms with Crippen molar-refractivity contribution < 1.29 is 21.8 Å². The number of H-pyrrole nitrogens is 1. The molecule has 9 nitrogen and oxygen atoms in total. The molecule has 0 fully saturated rings. The molecule has 0 unspecified atom stereocenters. The lowest BCUT2D eigenvalue weighted by Gasteiger charge is -2.19. The van der Waals surface area contributed by atoms with Crippen LogP contribution in [0.2, 0.25) is 0 Å². The van der Waals surface area contributed by atoms with Gasteiger partial charge in [-0.1, -0.05) is 41.5 Å².